The molecule has 150 valence electrons. The largest absolute Gasteiger partial charge is 0.357 e. The summed E-state index contributed by atoms with van der Waals surface area (Å²) in [5, 5.41) is 6.89. The van der Waals surface area contributed by atoms with Gasteiger partial charge in [-0.25, -0.2) is 0 Å². The van der Waals surface area contributed by atoms with E-state index in [1.807, 2.05) is 0 Å². The van der Waals surface area contributed by atoms with E-state index in [1.54, 1.807) is 0 Å². The minimum absolute atomic E-state index is 0. The Hall–Kier alpha value is -0.0800. The zero-order chi connectivity index (χ0) is 17.8. The summed E-state index contributed by atoms with van der Waals surface area (Å²) < 4.78 is 0. The SMILES string of the molecule is CCCCCCNC(=NCC(C(C)C)N1CCN(C)CC1)NCC.I. The second-order valence-electron chi connectivity index (χ2n) is 7.36. The van der Waals surface area contributed by atoms with Crippen LogP contribution >= 0.6 is 24.0 Å². The average Bonchev–Trinajstić information content (AvgIpc) is 2.56. The molecular formula is C19H42IN5. The molecule has 0 spiro atoms. The zero-order valence-electron chi connectivity index (χ0n) is 17.2. The Balaban J connectivity index is 0.00000576. The van der Waals surface area contributed by atoms with E-state index in [0.717, 1.165) is 38.7 Å². The van der Waals surface area contributed by atoms with Gasteiger partial charge in [-0.15, -0.1) is 24.0 Å². The van der Waals surface area contributed by atoms with Crippen LogP contribution in [0.4, 0.5) is 0 Å². The molecule has 0 radical (unpaired) electrons. The van der Waals surface area contributed by atoms with Crippen molar-refractivity contribution in [2.75, 3.05) is 52.9 Å². The van der Waals surface area contributed by atoms with E-state index in [1.165, 1.54) is 38.8 Å². The summed E-state index contributed by atoms with van der Waals surface area (Å²) in [5.41, 5.74) is 0. The van der Waals surface area contributed by atoms with Crippen LogP contribution in [0.15, 0.2) is 4.99 Å². The van der Waals surface area contributed by atoms with E-state index in [9.17, 15) is 0 Å². The van der Waals surface area contributed by atoms with E-state index in [-0.39, 0.29) is 24.0 Å². The van der Waals surface area contributed by atoms with E-state index in [2.05, 4.69) is 55.2 Å². The van der Waals surface area contributed by atoms with Crippen LogP contribution in [-0.2, 0) is 0 Å². The van der Waals surface area contributed by atoms with Gasteiger partial charge >= 0.3 is 0 Å². The standard InChI is InChI=1S/C19H41N5.HI/c1-6-8-9-10-11-21-19(20-7-2)22-16-18(17(3)4)24-14-12-23(5)13-15-24;/h17-18H,6-16H2,1-5H3,(H2,20,21,22);1H. The lowest BCUT2D eigenvalue weighted by atomic mass is 10.0. The maximum atomic E-state index is 4.89. The molecular weight excluding hydrogens is 425 g/mol. The topological polar surface area (TPSA) is 42.9 Å². The van der Waals surface area contributed by atoms with Crippen LogP contribution in [0.5, 0.6) is 0 Å². The van der Waals surface area contributed by atoms with Crippen molar-refractivity contribution in [1.29, 1.82) is 0 Å². The van der Waals surface area contributed by atoms with Gasteiger partial charge in [-0.1, -0.05) is 40.0 Å². The van der Waals surface area contributed by atoms with Crippen LogP contribution in [0.25, 0.3) is 0 Å². The molecule has 0 aromatic rings. The summed E-state index contributed by atoms with van der Waals surface area (Å²) in [6.07, 6.45) is 5.15. The summed E-state index contributed by atoms with van der Waals surface area (Å²) in [6.45, 7) is 16.5. The Morgan fingerprint density at radius 1 is 1.00 bits per heavy atom. The van der Waals surface area contributed by atoms with Crippen molar-refractivity contribution in [2.45, 2.75) is 59.4 Å². The summed E-state index contributed by atoms with van der Waals surface area (Å²) in [6, 6.07) is 0.536. The highest BCUT2D eigenvalue weighted by atomic mass is 127. The number of aliphatic imine (C=N–C) groups is 1. The Morgan fingerprint density at radius 3 is 2.24 bits per heavy atom. The molecule has 0 aromatic heterocycles. The molecule has 1 saturated heterocycles. The molecule has 25 heavy (non-hydrogen) atoms. The minimum Gasteiger partial charge on any atom is -0.357 e. The van der Waals surface area contributed by atoms with E-state index in [0.29, 0.717) is 12.0 Å². The van der Waals surface area contributed by atoms with Crippen molar-refractivity contribution in [3.63, 3.8) is 0 Å². The highest BCUT2D eigenvalue weighted by Gasteiger charge is 2.24. The number of rotatable bonds is 10. The second-order valence-corrected chi connectivity index (χ2v) is 7.36. The Labute approximate surface area is 173 Å². The van der Waals surface area contributed by atoms with Crippen LogP contribution in [0, 0.1) is 5.92 Å². The van der Waals surface area contributed by atoms with E-state index < -0.39 is 0 Å². The molecule has 5 nitrogen and oxygen atoms in total. The predicted molar refractivity (Wildman–Crippen MR) is 121 cm³/mol. The first kappa shape index (κ1) is 24.9. The fraction of sp³-hybridized carbons (Fsp3) is 0.947. The Morgan fingerprint density at radius 2 is 1.68 bits per heavy atom. The summed E-state index contributed by atoms with van der Waals surface area (Å²) in [5.74, 6) is 1.61. The fourth-order valence-corrected chi connectivity index (χ4v) is 3.19. The first-order valence-corrected chi connectivity index (χ1v) is 10.0. The number of likely N-dealkylation sites (N-methyl/N-ethyl adjacent to an activating group) is 1. The summed E-state index contributed by atoms with van der Waals surface area (Å²) in [4.78, 5) is 9.93. The van der Waals surface area contributed by atoms with Crippen molar-refractivity contribution in [2.24, 2.45) is 10.9 Å². The molecule has 1 heterocycles. The second kappa shape index (κ2) is 15.0. The molecule has 1 atom stereocenters. The third-order valence-electron chi connectivity index (χ3n) is 4.88. The van der Waals surface area contributed by atoms with Gasteiger partial charge in [0.1, 0.15) is 0 Å². The van der Waals surface area contributed by atoms with Gasteiger partial charge in [0.2, 0.25) is 0 Å². The molecule has 1 unspecified atom stereocenters. The van der Waals surface area contributed by atoms with Crippen LogP contribution in [0.2, 0.25) is 0 Å². The first-order valence-electron chi connectivity index (χ1n) is 10.0. The number of piperazine rings is 1. The highest BCUT2D eigenvalue weighted by molar-refractivity contribution is 14.0. The Bertz CT molecular complexity index is 341. The Kier molecular flexibility index (Phi) is 15.0. The van der Waals surface area contributed by atoms with Gasteiger partial charge in [-0.3, -0.25) is 9.89 Å². The summed E-state index contributed by atoms with van der Waals surface area (Å²) in [7, 11) is 2.21. The zero-order valence-corrected chi connectivity index (χ0v) is 19.5. The number of halogens is 1. The third-order valence-corrected chi connectivity index (χ3v) is 4.88. The van der Waals surface area contributed by atoms with Gasteiger partial charge in [-0.05, 0) is 26.3 Å². The third kappa shape index (κ3) is 10.6. The molecule has 1 aliphatic rings. The monoisotopic (exact) mass is 467 g/mol. The van der Waals surface area contributed by atoms with Crippen LogP contribution in [0.3, 0.4) is 0 Å². The van der Waals surface area contributed by atoms with Gasteiger partial charge in [0.25, 0.3) is 0 Å². The van der Waals surface area contributed by atoms with Gasteiger partial charge in [-0.2, -0.15) is 0 Å². The van der Waals surface area contributed by atoms with Crippen molar-refractivity contribution in [3.8, 4) is 0 Å². The summed E-state index contributed by atoms with van der Waals surface area (Å²) >= 11 is 0. The highest BCUT2D eigenvalue weighted by Crippen LogP contribution is 2.14. The smallest absolute Gasteiger partial charge is 0.191 e. The van der Waals surface area contributed by atoms with Gasteiger partial charge in [0, 0.05) is 45.3 Å². The lowest BCUT2D eigenvalue weighted by molar-refractivity contribution is 0.0925. The molecule has 1 rings (SSSR count). The number of nitrogens with zero attached hydrogens (tertiary/aromatic N) is 3. The quantitative estimate of drug-likeness (QED) is 0.224. The van der Waals surface area contributed by atoms with Crippen molar-refractivity contribution in [1.82, 2.24) is 20.4 Å². The molecule has 0 amide bonds. The molecule has 1 aliphatic heterocycles. The van der Waals surface area contributed by atoms with E-state index in [4.69, 9.17) is 4.99 Å². The number of hydrogen-bond donors (Lipinski definition) is 2. The maximum absolute atomic E-state index is 4.89. The number of hydrogen-bond acceptors (Lipinski definition) is 3. The van der Waals surface area contributed by atoms with Crippen molar-refractivity contribution < 1.29 is 0 Å². The van der Waals surface area contributed by atoms with Gasteiger partial charge < -0.3 is 15.5 Å². The first-order chi connectivity index (χ1) is 11.6. The van der Waals surface area contributed by atoms with Crippen molar-refractivity contribution in [3.05, 3.63) is 0 Å². The van der Waals surface area contributed by atoms with Gasteiger partial charge in [0.05, 0.1) is 6.54 Å². The minimum atomic E-state index is 0. The van der Waals surface area contributed by atoms with Crippen LogP contribution in [0.1, 0.15) is 53.4 Å². The predicted octanol–water partition coefficient (Wildman–Crippen LogP) is 3.01. The van der Waals surface area contributed by atoms with Gasteiger partial charge in [0.15, 0.2) is 5.96 Å². The molecule has 0 aromatic carbocycles. The molecule has 6 heteroatoms. The lowest BCUT2D eigenvalue weighted by Crippen LogP contribution is -2.52. The normalized spacial score (nSPS) is 18.1. The fourth-order valence-electron chi connectivity index (χ4n) is 3.19. The van der Waals surface area contributed by atoms with Crippen LogP contribution < -0.4 is 10.6 Å². The molecule has 0 bridgehead atoms. The molecule has 0 saturated carbocycles. The molecule has 2 N–H and O–H groups in total. The lowest BCUT2D eigenvalue weighted by Gasteiger charge is -2.39. The number of nitrogens with one attached hydrogen (secondary N) is 2. The number of guanidine groups is 1. The molecule has 0 aliphatic carbocycles. The van der Waals surface area contributed by atoms with E-state index >= 15 is 0 Å². The maximum Gasteiger partial charge on any atom is 0.191 e. The molecule has 1 fully saturated rings. The average molecular weight is 467 g/mol. The van der Waals surface area contributed by atoms with Crippen molar-refractivity contribution >= 4 is 29.9 Å². The van der Waals surface area contributed by atoms with Crippen LogP contribution in [-0.4, -0.2) is 74.7 Å². The number of unbranched alkanes of at least 4 members (excludes halogenated alkanes) is 3.